The fraction of sp³-hybridized carbons (Fsp3) is 0.706. The number of hydrogen-bond donors (Lipinski definition) is 1. The quantitative estimate of drug-likeness (QED) is 0.816. The monoisotopic (exact) mass is 384 g/mol. The molecule has 3 heterocycles. The average molecular weight is 385 g/mol. The van der Waals surface area contributed by atoms with E-state index in [1.807, 2.05) is 12.3 Å². The second-order valence-corrected chi connectivity index (χ2v) is 7.27. The van der Waals surface area contributed by atoms with Crippen LogP contribution in [0.15, 0.2) is 22.8 Å². The summed E-state index contributed by atoms with van der Waals surface area (Å²) in [5.74, 6) is 0. The van der Waals surface area contributed by atoms with Gasteiger partial charge < -0.3 is 14.6 Å². The molecule has 2 aliphatic rings. The molecular weight excluding hydrogens is 360 g/mol. The normalized spacial score (nSPS) is 24.9. The zero-order valence-electron chi connectivity index (χ0n) is 13.4. The molecule has 5 nitrogen and oxygen atoms in total. The summed E-state index contributed by atoms with van der Waals surface area (Å²) in [7, 11) is 0. The fourth-order valence-corrected chi connectivity index (χ4v) is 3.61. The molecule has 2 fully saturated rings. The Hall–Kier alpha value is -0.530. The highest BCUT2D eigenvalue weighted by Crippen LogP contribution is 2.31. The molecule has 23 heavy (non-hydrogen) atoms. The minimum atomic E-state index is -0.450. The van der Waals surface area contributed by atoms with E-state index in [1.54, 1.807) is 0 Å². The third kappa shape index (κ3) is 4.97. The van der Waals surface area contributed by atoms with Gasteiger partial charge in [0.25, 0.3) is 0 Å². The Bertz CT molecular complexity index is 479. The maximum Gasteiger partial charge on any atom is 0.0900 e. The Balaban J connectivity index is 1.48. The van der Waals surface area contributed by atoms with Crippen LogP contribution >= 0.6 is 15.9 Å². The van der Waals surface area contributed by atoms with E-state index in [2.05, 4.69) is 31.9 Å². The van der Waals surface area contributed by atoms with Crippen molar-refractivity contribution in [1.82, 2.24) is 9.88 Å². The molecule has 0 unspecified atom stereocenters. The molecule has 0 aliphatic carbocycles. The summed E-state index contributed by atoms with van der Waals surface area (Å²) in [6.45, 7) is 3.60. The first-order valence-electron chi connectivity index (χ1n) is 8.45. The second-order valence-electron chi connectivity index (χ2n) is 6.35. The predicted molar refractivity (Wildman–Crippen MR) is 91.3 cm³/mol. The van der Waals surface area contributed by atoms with Crippen molar-refractivity contribution in [3.63, 3.8) is 0 Å². The van der Waals surface area contributed by atoms with Crippen LogP contribution in [0.25, 0.3) is 0 Å². The summed E-state index contributed by atoms with van der Waals surface area (Å²) in [4.78, 5) is 6.85. The number of rotatable bonds is 6. The SMILES string of the molecule is O[C@H](COC1CCOCC1)CN1CCC[C@H]1c1ccc(Br)cn1. The zero-order valence-corrected chi connectivity index (χ0v) is 15.0. The molecule has 1 N–H and O–H groups in total. The van der Waals surface area contributed by atoms with Gasteiger partial charge in [-0.25, -0.2) is 0 Å². The van der Waals surface area contributed by atoms with Crippen LogP contribution in [0.4, 0.5) is 0 Å². The standard InChI is InChI=1S/C17H25BrN2O3/c18-13-3-4-16(19-10-13)17-2-1-7-20(17)11-14(21)12-23-15-5-8-22-9-6-15/h3-4,10,14-15,17,21H,1-2,5-9,11-12H2/t14-,17-/m0/s1. The number of likely N-dealkylation sites (tertiary alicyclic amines) is 1. The van der Waals surface area contributed by atoms with Crippen LogP contribution in [0.5, 0.6) is 0 Å². The van der Waals surface area contributed by atoms with Crippen LogP contribution in [0.3, 0.4) is 0 Å². The Morgan fingerprint density at radius 2 is 2.17 bits per heavy atom. The van der Waals surface area contributed by atoms with Gasteiger partial charge in [0.2, 0.25) is 0 Å². The fourth-order valence-electron chi connectivity index (χ4n) is 3.38. The number of aliphatic hydroxyl groups excluding tert-OH is 1. The van der Waals surface area contributed by atoms with Gasteiger partial charge in [-0.2, -0.15) is 0 Å². The molecule has 2 aliphatic heterocycles. The van der Waals surface area contributed by atoms with E-state index in [0.717, 1.165) is 55.6 Å². The van der Waals surface area contributed by atoms with Gasteiger partial charge in [-0.15, -0.1) is 0 Å². The van der Waals surface area contributed by atoms with E-state index in [4.69, 9.17) is 9.47 Å². The lowest BCUT2D eigenvalue weighted by Crippen LogP contribution is -2.36. The van der Waals surface area contributed by atoms with E-state index in [0.29, 0.717) is 19.2 Å². The topological polar surface area (TPSA) is 54.8 Å². The van der Waals surface area contributed by atoms with E-state index < -0.39 is 6.10 Å². The van der Waals surface area contributed by atoms with Crippen LogP contribution in [-0.4, -0.2) is 60.1 Å². The van der Waals surface area contributed by atoms with Crippen molar-refractivity contribution in [3.8, 4) is 0 Å². The van der Waals surface area contributed by atoms with Crippen molar-refractivity contribution in [1.29, 1.82) is 0 Å². The van der Waals surface area contributed by atoms with Crippen molar-refractivity contribution in [2.24, 2.45) is 0 Å². The maximum atomic E-state index is 10.3. The molecule has 0 amide bonds. The summed E-state index contributed by atoms with van der Waals surface area (Å²) in [6, 6.07) is 4.41. The first-order chi connectivity index (χ1) is 11.2. The third-order valence-electron chi connectivity index (χ3n) is 4.59. The maximum absolute atomic E-state index is 10.3. The number of aromatic nitrogens is 1. The molecule has 0 saturated carbocycles. The van der Waals surface area contributed by atoms with Gasteiger partial charge >= 0.3 is 0 Å². The van der Waals surface area contributed by atoms with Gasteiger partial charge in [-0.1, -0.05) is 0 Å². The number of halogens is 1. The smallest absolute Gasteiger partial charge is 0.0900 e. The summed E-state index contributed by atoms with van der Waals surface area (Å²) < 4.78 is 12.2. The Morgan fingerprint density at radius 3 is 2.91 bits per heavy atom. The summed E-state index contributed by atoms with van der Waals surface area (Å²) in [5.41, 5.74) is 1.09. The lowest BCUT2D eigenvalue weighted by molar-refractivity contribution is -0.0647. The molecule has 1 aromatic rings. The molecular formula is C17H25BrN2O3. The largest absolute Gasteiger partial charge is 0.389 e. The van der Waals surface area contributed by atoms with Crippen LogP contribution in [0, 0.1) is 0 Å². The molecule has 6 heteroatoms. The predicted octanol–water partition coefficient (Wildman–Crippen LogP) is 2.54. The Labute approximate surface area is 146 Å². The second kappa shape index (κ2) is 8.53. The van der Waals surface area contributed by atoms with Crippen molar-refractivity contribution in [2.45, 2.75) is 43.9 Å². The van der Waals surface area contributed by atoms with Crippen molar-refractivity contribution in [2.75, 3.05) is 32.9 Å². The Kier molecular flexibility index (Phi) is 6.42. The van der Waals surface area contributed by atoms with Crippen LogP contribution in [-0.2, 0) is 9.47 Å². The number of hydrogen-bond acceptors (Lipinski definition) is 5. The number of nitrogens with zero attached hydrogens (tertiary/aromatic N) is 2. The number of ether oxygens (including phenoxy) is 2. The number of pyridine rings is 1. The minimum Gasteiger partial charge on any atom is -0.389 e. The number of aliphatic hydroxyl groups is 1. The third-order valence-corrected chi connectivity index (χ3v) is 5.06. The van der Waals surface area contributed by atoms with E-state index in [1.165, 1.54) is 0 Å². The van der Waals surface area contributed by atoms with Gasteiger partial charge in [-0.3, -0.25) is 9.88 Å². The van der Waals surface area contributed by atoms with Crippen LogP contribution < -0.4 is 0 Å². The van der Waals surface area contributed by atoms with E-state index in [9.17, 15) is 5.11 Å². The molecule has 3 rings (SSSR count). The van der Waals surface area contributed by atoms with E-state index >= 15 is 0 Å². The molecule has 0 radical (unpaired) electrons. The van der Waals surface area contributed by atoms with Gasteiger partial charge in [0.1, 0.15) is 0 Å². The summed E-state index contributed by atoms with van der Waals surface area (Å²) in [5, 5.41) is 10.3. The highest BCUT2D eigenvalue weighted by Gasteiger charge is 2.28. The first-order valence-corrected chi connectivity index (χ1v) is 9.24. The van der Waals surface area contributed by atoms with Crippen molar-refractivity contribution < 1.29 is 14.6 Å². The van der Waals surface area contributed by atoms with Crippen LogP contribution in [0.2, 0.25) is 0 Å². The highest BCUT2D eigenvalue weighted by atomic mass is 79.9. The van der Waals surface area contributed by atoms with Gasteiger partial charge in [0.05, 0.1) is 30.6 Å². The molecule has 0 spiro atoms. The molecule has 128 valence electrons. The van der Waals surface area contributed by atoms with Gasteiger partial charge in [-0.05, 0) is 60.3 Å². The molecule has 0 aromatic carbocycles. The summed E-state index contributed by atoms with van der Waals surface area (Å²) in [6.07, 6.45) is 5.74. The summed E-state index contributed by atoms with van der Waals surface area (Å²) >= 11 is 3.43. The average Bonchev–Trinajstić information content (AvgIpc) is 3.03. The number of β-amino-alcohol motifs (C(OH)–C–C–N with tert-alkyl or cyclic N) is 1. The van der Waals surface area contributed by atoms with Crippen molar-refractivity contribution in [3.05, 3.63) is 28.5 Å². The minimum absolute atomic E-state index is 0.237. The van der Waals surface area contributed by atoms with Gasteiger partial charge in [0, 0.05) is 30.4 Å². The lowest BCUT2D eigenvalue weighted by atomic mass is 10.1. The molecule has 0 bridgehead atoms. The van der Waals surface area contributed by atoms with Gasteiger partial charge in [0.15, 0.2) is 0 Å². The molecule has 2 atom stereocenters. The highest BCUT2D eigenvalue weighted by molar-refractivity contribution is 9.10. The lowest BCUT2D eigenvalue weighted by Gasteiger charge is -2.28. The molecule has 2 saturated heterocycles. The van der Waals surface area contributed by atoms with E-state index in [-0.39, 0.29) is 6.10 Å². The molecule has 1 aromatic heterocycles. The van der Waals surface area contributed by atoms with Crippen molar-refractivity contribution >= 4 is 15.9 Å². The Morgan fingerprint density at radius 1 is 1.35 bits per heavy atom. The van der Waals surface area contributed by atoms with Crippen LogP contribution in [0.1, 0.15) is 37.4 Å². The zero-order chi connectivity index (χ0) is 16.1. The first kappa shape index (κ1) is 17.3.